The van der Waals surface area contributed by atoms with Crippen molar-refractivity contribution in [2.45, 2.75) is 6.61 Å². The molecule has 0 aliphatic heterocycles. The van der Waals surface area contributed by atoms with Gasteiger partial charge in [0.2, 0.25) is 0 Å². The molecule has 3 amide bonds. The van der Waals surface area contributed by atoms with Gasteiger partial charge in [0.05, 0.1) is 6.61 Å². The normalized spacial score (nSPS) is 10.2. The van der Waals surface area contributed by atoms with Crippen LogP contribution in [0.2, 0.25) is 0 Å². The van der Waals surface area contributed by atoms with E-state index >= 15 is 0 Å². The third kappa shape index (κ3) is 5.43. The number of hydrogen-bond acceptors (Lipinski definition) is 3. The van der Waals surface area contributed by atoms with Crippen LogP contribution in [0.5, 0.6) is 0 Å². The molecule has 0 saturated heterocycles. The molecule has 6 nitrogen and oxygen atoms in total. The Hall–Kier alpha value is -3.64. The number of anilines is 3. The van der Waals surface area contributed by atoms with Crippen molar-refractivity contribution in [1.29, 1.82) is 0 Å². The lowest BCUT2D eigenvalue weighted by Gasteiger charge is -2.10. The van der Waals surface area contributed by atoms with Crippen LogP contribution in [0.1, 0.15) is 15.9 Å². The zero-order valence-electron chi connectivity index (χ0n) is 15.4. The van der Waals surface area contributed by atoms with E-state index in [9.17, 15) is 9.59 Å². The molecule has 142 valence electrons. The lowest BCUT2D eigenvalue weighted by molar-refractivity contribution is 0.102. The lowest BCUT2D eigenvalue weighted by atomic mass is 10.1. The Morgan fingerprint density at radius 3 is 2.04 bits per heavy atom. The number of amides is 3. The number of benzene rings is 3. The van der Waals surface area contributed by atoms with E-state index in [1.807, 2.05) is 30.3 Å². The van der Waals surface area contributed by atoms with Gasteiger partial charge in [0, 0.05) is 29.7 Å². The maximum Gasteiger partial charge on any atom is 0.323 e. The van der Waals surface area contributed by atoms with E-state index in [1.165, 1.54) is 0 Å². The fraction of sp³-hybridized carbons (Fsp3) is 0.0909. The van der Waals surface area contributed by atoms with Gasteiger partial charge in [-0.3, -0.25) is 4.79 Å². The van der Waals surface area contributed by atoms with Crippen LogP contribution in [0.3, 0.4) is 0 Å². The summed E-state index contributed by atoms with van der Waals surface area (Å²) in [5.41, 5.74) is 3.39. The van der Waals surface area contributed by atoms with Crippen LogP contribution in [0.25, 0.3) is 0 Å². The number of rotatable bonds is 6. The third-order valence-electron chi connectivity index (χ3n) is 3.94. The van der Waals surface area contributed by atoms with E-state index in [4.69, 9.17) is 4.74 Å². The highest BCUT2D eigenvalue weighted by molar-refractivity contribution is 6.05. The quantitative estimate of drug-likeness (QED) is 0.583. The number of carbonyl (C=O) groups excluding carboxylic acids is 2. The summed E-state index contributed by atoms with van der Waals surface area (Å²) >= 11 is 0. The number of ether oxygens (including phenoxy) is 1. The van der Waals surface area contributed by atoms with E-state index in [1.54, 1.807) is 55.6 Å². The first-order valence-electron chi connectivity index (χ1n) is 8.76. The molecule has 0 spiro atoms. The molecule has 0 heterocycles. The predicted octanol–water partition coefficient (Wildman–Crippen LogP) is 4.73. The Kier molecular flexibility index (Phi) is 6.38. The largest absolute Gasteiger partial charge is 0.380 e. The maximum atomic E-state index is 12.4. The van der Waals surface area contributed by atoms with Gasteiger partial charge < -0.3 is 20.7 Å². The van der Waals surface area contributed by atoms with Crippen molar-refractivity contribution in [3.63, 3.8) is 0 Å². The average molecular weight is 375 g/mol. The molecule has 0 fully saturated rings. The fourth-order valence-electron chi connectivity index (χ4n) is 2.61. The van der Waals surface area contributed by atoms with E-state index in [0.717, 1.165) is 5.56 Å². The second kappa shape index (κ2) is 9.34. The topological polar surface area (TPSA) is 79.5 Å². The first kappa shape index (κ1) is 19.1. The third-order valence-corrected chi connectivity index (χ3v) is 3.94. The zero-order valence-corrected chi connectivity index (χ0v) is 15.4. The van der Waals surface area contributed by atoms with Crippen LogP contribution < -0.4 is 16.0 Å². The summed E-state index contributed by atoms with van der Waals surface area (Å²) in [6.07, 6.45) is 0. The highest BCUT2D eigenvalue weighted by Gasteiger charge is 2.08. The van der Waals surface area contributed by atoms with Gasteiger partial charge in [0.25, 0.3) is 5.91 Å². The molecule has 0 radical (unpaired) electrons. The minimum Gasteiger partial charge on any atom is -0.380 e. The number of methoxy groups -OCH3 is 1. The number of nitrogens with one attached hydrogen (secondary N) is 3. The van der Waals surface area contributed by atoms with Crippen molar-refractivity contribution in [2.24, 2.45) is 0 Å². The molecule has 3 aromatic carbocycles. The molecule has 0 atom stereocenters. The Morgan fingerprint density at radius 2 is 1.36 bits per heavy atom. The molecule has 0 bridgehead atoms. The predicted molar refractivity (Wildman–Crippen MR) is 111 cm³/mol. The van der Waals surface area contributed by atoms with E-state index in [-0.39, 0.29) is 11.9 Å². The van der Waals surface area contributed by atoms with Crippen molar-refractivity contribution in [1.82, 2.24) is 0 Å². The molecule has 6 heteroatoms. The summed E-state index contributed by atoms with van der Waals surface area (Å²) in [5, 5.41) is 8.33. The minimum absolute atomic E-state index is 0.227. The first-order valence-corrected chi connectivity index (χ1v) is 8.76. The van der Waals surface area contributed by atoms with Gasteiger partial charge in [-0.05, 0) is 48.0 Å². The highest BCUT2D eigenvalue weighted by Crippen LogP contribution is 2.17. The molecule has 28 heavy (non-hydrogen) atoms. The van der Waals surface area contributed by atoms with Crippen molar-refractivity contribution in [3.8, 4) is 0 Å². The summed E-state index contributed by atoms with van der Waals surface area (Å²) in [7, 11) is 1.63. The van der Waals surface area contributed by atoms with Gasteiger partial charge in [-0.2, -0.15) is 0 Å². The Bertz CT molecular complexity index is 941. The summed E-state index contributed by atoms with van der Waals surface area (Å²) in [4.78, 5) is 24.5. The van der Waals surface area contributed by atoms with Gasteiger partial charge in [0.1, 0.15) is 0 Å². The van der Waals surface area contributed by atoms with Crippen LogP contribution in [0.15, 0.2) is 78.9 Å². The molecular formula is C22H21N3O3. The molecule has 3 N–H and O–H groups in total. The lowest BCUT2D eigenvalue weighted by Crippen LogP contribution is -2.19. The van der Waals surface area contributed by atoms with Crippen LogP contribution >= 0.6 is 0 Å². The molecule has 0 unspecified atom stereocenters. The summed E-state index contributed by atoms with van der Waals surface area (Å²) in [5.74, 6) is -0.227. The van der Waals surface area contributed by atoms with Crippen molar-refractivity contribution in [3.05, 3.63) is 90.0 Å². The fourth-order valence-corrected chi connectivity index (χ4v) is 2.61. The molecule has 0 aliphatic carbocycles. The molecular weight excluding hydrogens is 354 g/mol. The second-order valence-corrected chi connectivity index (χ2v) is 6.11. The van der Waals surface area contributed by atoms with Crippen molar-refractivity contribution < 1.29 is 14.3 Å². The summed E-state index contributed by atoms with van der Waals surface area (Å²) in [6, 6.07) is 23.0. The SMILES string of the molecule is COCc1ccc(C(=O)Nc2cccc(NC(=O)Nc3ccccc3)c2)cc1. The molecule has 3 aromatic rings. The smallest absolute Gasteiger partial charge is 0.323 e. The second-order valence-electron chi connectivity index (χ2n) is 6.11. The van der Waals surface area contributed by atoms with Crippen molar-refractivity contribution >= 4 is 29.0 Å². The van der Waals surface area contributed by atoms with Gasteiger partial charge >= 0.3 is 6.03 Å². The monoisotopic (exact) mass is 375 g/mol. The van der Waals surface area contributed by atoms with Gasteiger partial charge in [-0.25, -0.2) is 4.79 Å². The number of carbonyl (C=O) groups is 2. The minimum atomic E-state index is -0.358. The van der Waals surface area contributed by atoms with Gasteiger partial charge in [-0.1, -0.05) is 36.4 Å². The Labute approximate surface area is 163 Å². The average Bonchev–Trinajstić information content (AvgIpc) is 2.70. The standard InChI is InChI=1S/C22H21N3O3/c1-28-15-16-10-12-17(13-11-16)21(26)23-19-8-5-9-20(14-19)25-22(27)24-18-6-3-2-4-7-18/h2-14H,15H2,1H3,(H,23,26)(H2,24,25,27). The van der Waals surface area contributed by atoms with Gasteiger partial charge in [0.15, 0.2) is 0 Å². The number of urea groups is 1. The van der Waals surface area contributed by atoms with Crippen molar-refractivity contribution in [2.75, 3.05) is 23.1 Å². The van der Waals surface area contributed by atoms with Crippen LogP contribution in [-0.4, -0.2) is 19.0 Å². The molecule has 0 aliphatic rings. The van der Waals surface area contributed by atoms with E-state index in [2.05, 4.69) is 16.0 Å². The zero-order chi connectivity index (χ0) is 19.8. The molecule has 0 aromatic heterocycles. The van der Waals surface area contributed by atoms with Crippen LogP contribution in [0.4, 0.5) is 21.9 Å². The molecule has 3 rings (SSSR count). The highest BCUT2D eigenvalue weighted by atomic mass is 16.5. The number of para-hydroxylation sites is 1. The van der Waals surface area contributed by atoms with Crippen LogP contribution in [-0.2, 0) is 11.3 Å². The maximum absolute atomic E-state index is 12.4. The van der Waals surface area contributed by atoms with E-state index < -0.39 is 0 Å². The van der Waals surface area contributed by atoms with E-state index in [0.29, 0.717) is 29.2 Å². The Balaban J connectivity index is 1.61. The van der Waals surface area contributed by atoms with Crippen LogP contribution in [0, 0.1) is 0 Å². The summed E-state index contributed by atoms with van der Waals surface area (Å²) < 4.78 is 5.07. The number of hydrogen-bond donors (Lipinski definition) is 3. The summed E-state index contributed by atoms with van der Waals surface area (Å²) in [6.45, 7) is 0.501. The van der Waals surface area contributed by atoms with Gasteiger partial charge in [-0.15, -0.1) is 0 Å². The first-order chi connectivity index (χ1) is 13.6. The Morgan fingerprint density at radius 1 is 0.750 bits per heavy atom. The molecule has 0 saturated carbocycles.